The zero-order valence-electron chi connectivity index (χ0n) is 20.7. The van der Waals surface area contributed by atoms with E-state index in [0.29, 0.717) is 30.0 Å². The van der Waals surface area contributed by atoms with E-state index in [0.717, 1.165) is 49.0 Å². The van der Waals surface area contributed by atoms with Crippen LogP contribution in [0.25, 0.3) is 10.2 Å². The maximum absolute atomic E-state index is 12.6. The first-order valence-electron chi connectivity index (χ1n) is 12.2. The van der Waals surface area contributed by atoms with E-state index in [2.05, 4.69) is 10.3 Å². The summed E-state index contributed by atoms with van der Waals surface area (Å²) in [5.41, 5.74) is 1.10. The first-order chi connectivity index (χ1) is 17.2. The van der Waals surface area contributed by atoms with Gasteiger partial charge in [-0.15, -0.1) is 0 Å². The number of nitrogens with zero attached hydrogens (tertiary/aromatic N) is 2. The lowest BCUT2D eigenvalue weighted by molar-refractivity contribution is -0.119. The fourth-order valence-corrected chi connectivity index (χ4v) is 6.25. The van der Waals surface area contributed by atoms with Crippen molar-refractivity contribution in [2.24, 2.45) is 4.99 Å². The van der Waals surface area contributed by atoms with Gasteiger partial charge in [-0.2, -0.15) is 4.99 Å². The number of nitrogens with one attached hydrogen (secondary N) is 1. The van der Waals surface area contributed by atoms with Gasteiger partial charge >= 0.3 is 5.97 Å². The molecule has 2 aromatic rings. The second-order valence-corrected chi connectivity index (χ2v) is 11.6. The Morgan fingerprint density at radius 3 is 2.56 bits per heavy atom. The number of amides is 2. The summed E-state index contributed by atoms with van der Waals surface area (Å²) in [6.45, 7) is 5.10. The molecule has 0 spiro atoms. The van der Waals surface area contributed by atoms with E-state index in [4.69, 9.17) is 9.47 Å². The summed E-state index contributed by atoms with van der Waals surface area (Å²) in [5.74, 6) is -3.51. The zero-order valence-corrected chi connectivity index (χ0v) is 22.3. The van der Waals surface area contributed by atoms with E-state index in [1.54, 1.807) is 29.7 Å². The molecule has 0 bridgehead atoms. The van der Waals surface area contributed by atoms with Gasteiger partial charge in [0.05, 0.1) is 29.0 Å². The monoisotopic (exact) mass is 539 g/mol. The van der Waals surface area contributed by atoms with E-state index >= 15 is 0 Å². The summed E-state index contributed by atoms with van der Waals surface area (Å²) >= 11 is 1.16. The van der Waals surface area contributed by atoms with Crippen molar-refractivity contribution in [1.29, 1.82) is 0 Å². The predicted molar refractivity (Wildman–Crippen MR) is 137 cm³/mol. The number of sulfone groups is 1. The predicted octanol–water partition coefficient (Wildman–Crippen LogP) is 2.21. The van der Waals surface area contributed by atoms with Crippen LogP contribution in [-0.4, -0.2) is 68.1 Å². The molecule has 0 radical (unpaired) electrons. The van der Waals surface area contributed by atoms with Crippen molar-refractivity contribution in [3.05, 3.63) is 28.6 Å². The molecule has 1 aromatic carbocycles. The van der Waals surface area contributed by atoms with Crippen molar-refractivity contribution in [2.45, 2.75) is 58.5 Å². The lowest BCUT2D eigenvalue weighted by Gasteiger charge is -2.22. The molecule has 36 heavy (non-hydrogen) atoms. The zero-order chi connectivity index (χ0) is 26.1. The molecule has 0 unspecified atom stereocenters. The number of aromatic nitrogens is 1. The number of hydrogen-bond donors (Lipinski definition) is 1. The highest BCUT2D eigenvalue weighted by Gasteiger charge is 2.23. The number of thiazole rings is 1. The van der Waals surface area contributed by atoms with Crippen LogP contribution in [0.15, 0.2) is 23.2 Å². The van der Waals surface area contributed by atoms with Crippen molar-refractivity contribution in [3.8, 4) is 0 Å². The molecule has 0 saturated heterocycles. The van der Waals surface area contributed by atoms with Crippen LogP contribution in [0.3, 0.4) is 0 Å². The van der Waals surface area contributed by atoms with Crippen molar-refractivity contribution >= 4 is 49.2 Å². The maximum Gasteiger partial charge on any atom is 0.338 e. The molecule has 1 saturated carbocycles. The Balaban J connectivity index is 1.79. The summed E-state index contributed by atoms with van der Waals surface area (Å²) in [6, 6.07) is 5.01. The van der Waals surface area contributed by atoms with Crippen LogP contribution >= 0.6 is 11.3 Å². The summed E-state index contributed by atoms with van der Waals surface area (Å²) in [7, 11) is -3.98. The fraction of sp³-hybridized carbons (Fsp3) is 0.583. The normalized spacial score (nSPS) is 15.2. The second kappa shape index (κ2) is 13.1. The first kappa shape index (κ1) is 28.0. The van der Waals surface area contributed by atoms with E-state index < -0.39 is 39.1 Å². The lowest BCUT2D eigenvalue weighted by atomic mass is 9.95. The van der Waals surface area contributed by atoms with Gasteiger partial charge in [0.25, 0.3) is 5.91 Å². The van der Waals surface area contributed by atoms with Gasteiger partial charge in [0.1, 0.15) is 11.5 Å². The fourth-order valence-electron chi connectivity index (χ4n) is 4.11. The van der Waals surface area contributed by atoms with Gasteiger partial charge in [-0.3, -0.25) is 9.59 Å². The first-order valence-corrected chi connectivity index (χ1v) is 14.8. The van der Waals surface area contributed by atoms with Crippen molar-refractivity contribution in [3.63, 3.8) is 0 Å². The van der Waals surface area contributed by atoms with E-state index in [9.17, 15) is 22.8 Å². The molecular weight excluding hydrogens is 506 g/mol. The van der Waals surface area contributed by atoms with Crippen LogP contribution in [0.5, 0.6) is 0 Å². The minimum absolute atomic E-state index is 0.0100. The quantitative estimate of drug-likeness (QED) is 0.342. The number of benzene rings is 1. The minimum Gasteiger partial charge on any atom is -0.462 e. The number of carbonyl (C=O) groups is 3. The molecular formula is C24H33N3O7S2. The summed E-state index contributed by atoms with van der Waals surface area (Å²) < 4.78 is 38.0. The number of esters is 1. The number of rotatable bonds is 11. The Morgan fingerprint density at radius 2 is 1.86 bits per heavy atom. The molecule has 3 rings (SSSR count). The second-order valence-electron chi connectivity index (χ2n) is 8.58. The van der Waals surface area contributed by atoms with Crippen LogP contribution in [0.2, 0.25) is 0 Å². The molecule has 1 aliphatic carbocycles. The summed E-state index contributed by atoms with van der Waals surface area (Å²) in [6.07, 6.45) is 4.81. The third-order valence-electron chi connectivity index (χ3n) is 5.74. The molecule has 0 atom stereocenters. The molecule has 1 aromatic heterocycles. The van der Waals surface area contributed by atoms with Gasteiger partial charge in [-0.25, -0.2) is 13.2 Å². The number of ether oxygens (including phenoxy) is 2. The average molecular weight is 540 g/mol. The average Bonchev–Trinajstić information content (AvgIpc) is 3.15. The highest BCUT2D eigenvalue weighted by molar-refractivity contribution is 7.92. The van der Waals surface area contributed by atoms with Crippen LogP contribution in [0, 0.1) is 0 Å². The Bertz CT molecular complexity index is 1260. The van der Waals surface area contributed by atoms with E-state index in [-0.39, 0.29) is 17.5 Å². The molecule has 1 fully saturated rings. The summed E-state index contributed by atoms with van der Waals surface area (Å²) in [4.78, 5) is 41.3. The summed E-state index contributed by atoms with van der Waals surface area (Å²) in [5, 5.41) is 2.76. The Kier molecular flexibility index (Phi) is 10.2. The SMILES string of the molecule is CCOCCn1c(=NC(=O)CS(=O)(=O)CC(=O)NC2CCCCC2)sc2cc(C(=O)OCC)ccc21. The number of hydrogen-bond acceptors (Lipinski definition) is 8. The number of carbonyl (C=O) groups excluding carboxylic acids is 3. The number of fused-ring (bicyclic) bond motifs is 1. The van der Waals surface area contributed by atoms with Crippen LogP contribution in [-0.2, 0) is 35.4 Å². The molecule has 2 amide bonds. The molecule has 198 valence electrons. The van der Waals surface area contributed by atoms with Gasteiger partial charge in [-0.05, 0) is 44.9 Å². The molecule has 10 nitrogen and oxygen atoms in total. The molecule has 12 heteroatoms. The van der Waals surface area contributed by atoms with Crippen molar-refractivity contribution in [2.75, 3.05) is 31.3 Å². The topological polar surface area (TPSA) is 133 Å². The molecule has 0 aliphatic heterocycles. The smallest absolute Gasteiger partial charge is 0.338 e. The Morgan fingerprint density at radius 1 is 1.11 bits per heavy atom. The Labute approximate surface area is 214 Å². The largest absolute Gasteiger partial charge is 0.462 e. The van der Waals surface area contributed by atoms with Gasteiger partial charge in [0.2, 0.25) is 5.91 Å². The molecule has 1 N–H and O–H groups in total. The van der Waals surface area contributed by atoms with E-state index in [1.165, 1.54) is 0 Å². The highest BCUT2D eigenvalue weighted by atomic mass is 32.2. The van der Waals surface area contributed by atoms with E-state index in [1.807, 2.05) is 6.92 Å². The van der Waals surface area contributed by atoms with Gasteiger partial charge in [0.15, 0.2) is 14.6 Å². The highest BCUT2D eigenvalue weighted by Crippen LogP contribution is 2.20. The van der Waals surface area contributed by atoms with Crippen LogP contribution in [0.4, 0.5) is 0 Å². The maximum atomic E-state index is 12.6. The lowest BCUT2D eigenvalue weighted by Crippen LogP contribution is -2.40. The molecule has 1 heterocycles. The standard InChI is InChI=1S/C24H33N3O7S2/c1-3-33-13-12-27-19-11-10-17(23(30)34-4-2)14-20(19)35-24(27)26-22(29)16-36(31,32)15-21(28)25-18-8-6-5-7-9-18/h10-11,14,18H,3-9,12-13,15-16H2,1-2H3,(H,25,28). The van der Waals surface area contributed by atoms with Crippen molar-refractivity contribution in [1.82, 2.24) is 9.88 Å². The van der Waals surface area contributed by atoms with Crippen LogP contribution in [0.1, 0.15) is 56.3 Å². The Hall–Kier alpha value is -2.57. The van der Waals surface area contributed by atoms with Crippen molar-refractivity contribution < 1.29 is 32.3 Å². The van der Waals surface area contributed by atoms with Gasteiger partial charge in [0, 0.05) is 19.2 Å². The van der Waals surface area contributed by atoms with Crippen LogP contribution < -0.4 is 10.1 Å². The third kappa shape index (κ3) is 7.97. The van der Waals surface area contributed by atoms with Gasteiger partial charge < -0.3 is 19.4 Å². The third-order valence-corrected chi connectivity index (χ3v) is 8.17. The van der Waals surface area contributed by atoms with Gasteiger partial charge in [-0.1, -0.05) is 30.6 Å². The minimum atomic E-state index is -3.98. The molecule has 1 aliphatic rings.